The molecule has 292 valence electrons. The van der Waals surface area contributed by atoms with Crippen molar-refractivity contribution >= 4 is 59.7 Å². The Morgan fingerprint density at radius 1 is 0.371 bits per heavy atom. The summed E-state index contributed by atoms with van der Waals surface area (Å²) in [6.45, 7) is 0. The van der Waals surface area contributed by atoms with E-state index in [-0.39, 0.29) is 0 Å². The molecule has 4 nitrogen and oxygen atoms in total. The number of benzene rings is 9. The molecule has 62 heavy (non-hydrogen) atoms. The molecular weight excluding hydrogens is 924 g/mol. The van der Waals surface area contributed by atoms with Gasteiger partial charge in [0.05, 0.1) is 0 Å². The summed E-state index contributed by atoms with van der Waals surface area (Å²) in [5.74, 6) is 0.606. The molecule has 11 rings (SSSR count). The van der Waals surface area contributed by atoms with Crippen LogP contribution in [0.25, 0.3) is 77.2 Å². The van der Waals surface area contributed by atoms with Gasteiger partial charge in [0.1, 0.15) is 0 Å². The molecule has 0 unspecified atom stereocenters. The van der Waals surface area contributed by atoms with Crippen LogP contribution in [0.3, 0.4) is 0 Å². The van der Waals surface area contributed by atoms with E-state index >= 15 is 0 Å². The Kier molecular flexibility index (Phi) is 9.77. The molecule has 0 fully saturated rings. The van der Waals surface area contributed by atoms with Crippen LogP contribution in [0.5, 0.6) is 0 Å². The van der Waals surface area contributed by atoms with Crippen molar-refractivity contribution in [3.05, 3.63) is 241 Å². The molecule has 0 spiro atoms. The summed E-state index contributed by atoms with van der Waals surface area (Å²) >= 11 is 1.25. The van der Waals surface area contributed by atoms with Gasteiger partial charge in [-0.15, -0.1) is 0 Å². The van der Waals surface area contributed by atoms with Gasteiger partial charge in [0.2, 0.25) is 0 Å². The van der Waals surface area contributed by atoms with Gasteiger partial charge in [-0.05, 0) is 5.56 Å². The predicted octanol–water partition coefficient (Wildman–Crippen LogP) is 13.7. The fourth-order valence-electron chi connectivity index (χ4n) is 8.61. The van der Waals surface area contributed by atoms with Gasteiger partial charge in [0.15, 0.2) is 0 Å². The number of rotatable bonds is 8. The van der Waals surface area contributed by atoms with E-state index in [1.54, 1.807) is 0 Å². The fourth-order valence-corrected chi connectivity index (χ4v) is 9.38. The first-order valence-electron chi connectivity index (χ1n) is 20.7. The molecule has 5 heteroatoms. The van der Waals surface area contributed by atoms with E-state index < -0.39 is 0 Å². The van der Waals surface area contributed by atoms with E-state index in [9.17, 15) is 0 Å². The number of fused-ring (bicyclic) bond motifs is 6. The fraction of sp³-hybridized carbons (Fsp3) is 0. The maximum absolute atomic E-state index is 5.39. The number of nitrogens with zero attached hydrogens (tertiary/aromatic N) is 4. The van der Waals surface area contributed by atoms with E-state index in [2.05, 4.69) is 234 Å². The number of hydrogen-bond donors (Lipinski definition) is 0. The summed E-state index contributed by atoms with van der Waals surface area (Å²) < 4.78 is 5.63. The van der Waals surface area contributed by atoms with Gasteiger partial charge in [-0.25, -0.2) is 0 Å². The van der Waals surface area contributed by atoms with E-state index in [1.165, 1.54) is 52.2 Å². The van der Waals surface area contributed by atoms with Crippen molar-refractivity contribution in [2.24, 2.45) is 9.98 Å². The third-order valence-electron chi connectivity index (χ3n) is 11.6. The summed E-state index contributed by atoms with van der Waals surface area (Å²) in [7, 11) is 0. The summed E-state index contributed by atoms with van der Waals surface area (Å²) in [6, 6.07) is 79.3. The molecule has 2 heterocycles. The Morgan fingerprint density at radius 2 is 0.871 bits per heavy atom. The van der Waals surface area contributed by atoms with Gasteiger partial charge < -0.3 is 0 Å². The Bertz CT molecular complexity index is 3510. The maximum atomic E-state index is 5.39. The molecule has 0 bridgehead atoms. The molecule has 0 saturated carbocycles. The molecule has 0 aliphatic rings. The minimum absolute atomic E-state index is 0.606. The predicted molar refractivity (Wildman–Crippen MR) is 256 cm³/mol. The first kappa shape index (κ1) is 37.5. The number of aromatic nitrogens is 2. The molecule has 2 aromatic heterocycles. The van der Waals surface area contributed by atoms with Crippen molar-refractivity contribution in [3.63, 3.8) is 0 Å². The minimum atomic E-state index is 0.606. The van der Waals surface area contributed by atoms with E-state index in [1.807, 2.05) is 6.07 Å². The van der Waals surface area contributed by atoms with Crippen molar-refractivity contribution in [2.75, 3.05) is 0 Å². The topological polar surface area (TPSA) is 34.6 Å². The van der Waals surface area contributed by atoms with Crippen molar-refractivity contribution in [2.45, 2.75) is 0 Å². The van der Waals surface area contributed by atoms with Crippen LogP contribution < -0.4 is 0 Å². The van der Waals surface area contributed by atoms with Gasteiger partial charge in [0.25, 0.3) is 0 Å². The van der Waals surface area contributed by atoms with Crippen LogP contribution in [-0.2, 0) is 19.4 Å². The second-order valence-corrected chi connectivity index (χ2v) is 16.7. The monoisotopic (exact) mass is 961 g/mol. The van der Waals surface area contributed by atoms with Crippen LogP contribution in [-0.4, -0.2) is 25.2 Å². The molecule has 9 aromatic carbocycles. The molecule has 0 amide bonds. The van der Waals surface area contributed by atoms with E-state index in [0.717, 1.165) is 65.2 Å². The third kappa shape index (κ3) is 6.95. The molecule has 11 aromatic rings. The van der Waals surface area contributed by atoms with Crippen molar-refractivity contribution in [1.29, 1.82) is 0 Å². The summed E-state index contributed by atoms with van der Waals surface area (Å²) in [4.78, 5) is 10.5. The van der Waals surface area contributed by atoms with Crippen LogP contribution in [0, 0.1) is 0 Å². The molecule has 0 aliphatic carbocycles. The number of aliphatic imine (C=N–C) groups is 2. The SMILES string of the molecule is [W]=[C](N=C(N=[C-]c1cccc(-c2ccc(-c3ccccc3)cc2)c1)c1ccc2c(c1)c1ccccc1n2-c1ccccc1)c1ccc2c3ccccc3n(-c3ccccc3)c2c1. The third-order valence-corrected chi connectivity index (χ3v) is 12.7. The molecule has 0 atom stereocenters. The average molecular weight is 962 g/mol. The Labute approximate surface area is 370 Å². The van der Waals surface area contributed by atoms with Gasteiger partial charge >= 0.3 is 337 Å². The summed E-state index contributed by atoms with van der Waals surface area (Å²) in [5, 5.41) is 4.76. The zero-order valence-electron chi connectivity index (χ0n) is 33.6. The molecule has 0 saturated heterocycles. The molecular formula is C57H37N4W-. The zero-order valence-corrected chi connectivity index (χ0v) is 36.5. The normalized spacial score (nSPS) is 12.0. The van der Waals surface area contributed by atoms with Crippen LogP contribution in [0.2, 0.25) is 0 Å². The first-order valence-corrected chi connectivity index (χ1v) is 22.2. The number of amidine groups is 1. The van der Waals surface area contributed by atoms with Crippen LogP contribution in [0.4, 0.5) is 0 Å². The summed E-state index contributed by atoms with van der Waals surface area (Å²) in [6.07, 6.45) is 3.42. The van der Waals surface area contributed by atoms with E-state index in [4.69, 9.17) is 9.98 Å². The Morgan fingerprint density at radius 3 is 1.55 bits per heavy atom. The van der Waals surface area contributed by atoms with Gasteiger partial charge in [-0.2, -0.15) is 0 Å². The standard InChI is InChI=1S/C57H37N4.W/c1-4-16-42(17-5-1)43-28-30-44(31-29-43)45-18-14-15-40(35-45)38-58-57(46-32-34-55-52(37-46)50-24-11-13-26-54(50)60(55)47-19-6-2-7-20-47)59-39-41-27-33-51-49-23-10-12-25-53(49)61(56(51)36-41)48-21-8-3-9-22-48;/h1-37H;/q-1;. The molecule has 0 N–H and O–H groups in total. The quantitative estimate of drug-likeness (QED) is 0.0826. The number of hydrogen-bond acceptors (Lipinski definition) is 1. The molecule has 0 aliphatic heterocycles. The van der Waals surface area contributed by atoms with Crippen molar-refractivity contribution in [3.8, 4) is 33.6 Å². The first-order chi connectivity index (χ1) is 30.7. The van der Waals surface area contributed by atoms with Crippen LogP contribution in [0.1, 0.15) is 16.7 Å². The van der Waals surface area contributed by atoms with Gasteiger partial charge in [-0.1, -0.05) is 30.3 Å². The average Bonchev–Trinajstić information content (AvgIpc) is 3.86. The van der Waals surface area contributed by atoms with Crippen molar-refractivity contribution in [1.82, 2.24) is 9.13 Å². The van der Waals surface area contributed by atoms with Crippen molar-refractivity contribution < 1.29 is 19.4 Å². The summed E-state index contributed by atoms with van der Waals surface area (Å²) in [5.41, 5.74) is 14.4. The Balaban J connectivity index is 1.02. The number of para-hydroxylation sites is 4. The van der Waals surface area contributed by atoms with E-state index in [0.29, 0.717) is 5.84 Å². The van der Waals surface area contributed by atoms with Gasteiger partial charge in [0, 0.05) is 0 Å². The van der Waals surface area contributed by atoms with Crippen LogP contribution in [0.15, 0.2) is 234 Å². The second kappa shape index (κ2) is 16.2. The van der Waals surface area contributed by atoms with Gasteiger partial charge in [-0.3, -0.25) is 0 Å². The second-order valence-electron chi connectivity index (χ2n) is 15.3. The van der Waals surface area contributed by atoms with Crippen LogP contribution >= 0.6 is 0 Å². The zero-order chi connectivity index (χ0) is 41.4. The Hall–Kier alpha value is -7.52. The molecule has 0 radical (unpaired) electrons.